The molecule has 0 saturated carbocycles. The van der Waals surface area contributed by atoms with Crippen molar-refractivity contribution >= 4 is 11.9 Å². The van der Waals surface area contributed by atoms with Gasteiger partial charge in [-0.2, -0.15) is 0 Å². The highest BCUT2D eigenvalue weighted by Crippen LogP contribution is 2.33. The highest BCUT2D eigenvalue weighted by molar-refractivity contribution is 5.90. The van der Waals surface area contributed by atoms with E-state index in [9.17, 15) is 14.7 Å². The Morgan fingerprint density at radius 3 is 1.76 bits per heavy atom. The van der Waals surface area contributed by atoms with E-state index in [1.54, 1.807) is 104 Å². The van der Waals surface area contributed by atoms with Crippen molar-refractivity contribution in [2.45, 2.75) is 32.2 Å². The van der Waals surface area contributed by atoms with Crippen molar-refractivity contribution in [1.29, 1.82) is 0 Å². The van der Waals surface area contributed by atoms with Gasteiger partial charge in [-0.1, -0.05) is 80.6 Å². The number of carboxylic acid groups (broad SMARTS) is 1. The summed E-state index contributed by atoms with van der Waals surface area (Å²) in [6.45, 7) is 3.72. The van der Waals surface area contributed by atoms with Crippen molar-refractivity contribution in [2.75, 3.05) is 0 Å². The zero-order chi connectivity index (χ0) is 24.4. The highest BCUT2D eigenvalue weighted by atomic mass is 16.7. The van der Waals surface area contributed by atoms with E-state index in [0.717, 1.165) is 6.42 Å². The lowest BCUT2D eigenvalue weighted by Crippen LogP contribution is -2.62. The third-order valence-electron chi connectivity index (χ3n) is 5.09. The van der Waals surface area contributed by atoms with Gasteiger partial charge in [0.25, 0.3) is 0 Å². The number of carbonyl (C=O) groups excluding carboxylic acids is 1. The number of allylic oxidation sites excluding steroid dienone is 1. The summed E-state index contributed by atoms with van der Waals surface area (Å²) in [7, 11) is 0. The monoisotopic (exact) mass is 460 g/mol. The van der Waals surface area contributed by atoms with Crippen molar-refractivity contribution in [3.05, 3.63) is 109 Å². The van der Waals surface area contributed by atoms with Gasteiger partial charge in [0.05, 0.1) is 5.56 Å². The number of benzene rings is 3. The highest BCUT2D eigenvalue weighted by Gasteiger charge is 2.56. The molecular weight excluding hydrogens is 432 g/mol. The van der Waals surface area contributed by atoms with Crippen LogP contribution in [0.5, 0.6) is 11.5 Å². The van der Waals surface area contributed by atoms with Gasteiger partial charge in [0.15, 0.2) is 6.10 Å². The molecule has 0 saturated heterocycles. The van der Waals surface area contributed by atoms with Crippen molar-refractivity contribution in [3.8, 4) is 11.5 Å². The molecule has 0 aliphatic rings. The number of esters is 1. The van der Waals surface area contributed by atoms with E-state index in [1.807, 2.05) is 13.0 Å². The first-order valence-electron chi connectivity index (χ1n) is 11.1. The molecule has 0 aliphatic carbocycles. The molecule has 0 amide bonds. The van der Waals surface area contributed by atoms with Gasteiger partial charge in [0.2, 0.25) is 0 Å². The molecule has 3 aromatic carbocycles. The third-order valence-corrected chi connectivity index (χ3v) is 5.09. The van der Waals surface area contributed by atoms with Gasteiger partial charge in [-0.05, 0) is 42.8 Å². The van der Waals surface area contributed by atoms with E-state index in [2.05, 4.69) is 0 Å². The molecule has 0 aromatic heterocycles. The summed E-state index contributed by atoms with van der Waals surface area (Å²) >= 11 is 0. The van der Waals surface area contributed by atoms with Crippen LogP contribution in [0.15, 0.2) is 103 Å². The average molecular weight is 461 g/mol. The number of para-hydroxylation sites is 2. The van der Waals surface area contributed by atoms with Gasteiger partial charge in [0, 0.05) is 5.92 Å². The van der Waals surface area contributed by atoms with E-state index in [-0.39, 0.29) is 17.1 Å². The molecular formula is C28H28O6. The second kappa shape index (κ2) is 11.7. The Kier molecular flexibility index (Phi) is 8.46. The number of aliphatic carboxylic acids is 1. The Morgan fingerprint density at radius 2 is 1.32 bits per heavy atom. The smallest absolute Gasteiger partial charge is 0.394 e. The number of ether oxygens (including phenoxy) is 3. The molecule has 3 rings (SSSR count). The van der Waals surface area contributed by atoms with Crippen LogP contribution in [0.4, 0.5) is 0 Å². The van der Waals surface area contributed by atoms with Crippen LogP contribution < -0.4 is 9.47 Å². The first kappa shape index (κ1) is 24.6. The molecule has 0 fully saturated rings. The van der Waals surface area contributed by atoms with Gasteiger partial charge < -0.3 is 19.3 Å². The molecule has 0 heterocycles. The normalized spacial score (nSPS) is 13.1. The van der Waals surface area contributed by atoms with Crippen molar-refractivity contribution in [3.63, 3.8) is 0 Å². The van der Waals surface area contributed by atoms with Crippen LogP contribution in [0.3, 0.4) is 0 Å². The lowest BCUT2D eigenvalue weighted by Gasteiger charge is -2.38. The Balaban J connectivity index is 2.12. The average Bonchev–Trinajstić information content (AvgIpc) is 2.87. The van der Waals surface area contributed by atoms with Crippen molar-refractivity contribution in [2.24, 2.45) is 5.92 Å². The number of carboxylic acids is 1. The minimum atomic E-state index is -2.37. The van der Waals surface area contributed by atoms with Crippen LogP contribution in [-0.4, -0.2) is 28.9 Å². The Labute approximate surface area is 199 Å². The van der Waals surface area contributed by atoms with Crippen LogP contribution in [-0.2, 0) is 9.53 Å². The van der Waals surface area contributed by atoms with Crippen LogP contribution >= 0.6 is 0 Å². The van der Waals surface area contributed by atoms with Gasteiger partial charge in [-0.25, -0.2) is 9.59 Å². The van der Waals surface area contributed by atoms with E-state index in [4.69, 9.17) is 14.2 Å². The van der Waals surface area contributed by atoms with Crippen LogP contribution in [0, 0.1) is 5.92 Å². The Hall–Kier alpha value is -4.06. The molecule has 0 spiro atoms. The quantitative estimate of drug-likeness (QED) is 0.223. The molecule has 34 heavy (non-hydrogen) atoms. The minimum Gasteiger partial charge on any atom is -0.475 e. The topological polar surface area (TPSA) is 82.1 Å². The predicted octanol–water partition coefficient (Wildman–Crippen LogP) is 5.75. The molecule has 2 unspecified atom stereocenters. The van der Waals surface area contributed by atoms with Crippen molar-refractivity contribution in [1.82, 2.24) is 0 Å². The summed E-state index contributed by atoms with van der Waals surface area (Å²) in [5.41, 5.74) is 0.290. The SMILES string of the molecule is CCC=CC(C)C(OC(=O)c1ccccc1)C(Oc1ccccc1)(Oc1ccccc1)C(=O)O. The molecule has 0 radical (unpaired) electrons. The zero-order valence-corrected chi connectivity index (χ0v) is 19.2. The maximum Gasteiger partial charge on any atom is 0.394 e. The summed E-state index contributed by atoms with van der Waals surface area (Å²) in [5.74, 6) is -4.52. The van der Waals surface area contributed by atoms with Crippen LogP contribution in [0.2, 0.25) is 0 Å². The second-order valence-electron chi connectivity index (χ2n) is 7.69. The summed E-state index contributed by atoms with van der Waals surface area (Å²) in [4.78, 5) is 26.0. The van der Waals surface area contributed by atoms with E-state index in [0.29, 0.717) is 0 Å². The number of rotatable bonds is 11. The molecule has 3 aromatic rings. The largest absolute Gasteiger partial charge is 0.475 e. The lowest BCUT2D eigenvalue weighted by molar-refractivity contribution is -0.218. The summed E-state index contributed by atoms with van der Waals surface area (Å²) < 4.78 is 17.9. The fraction of sp³-hybridized carbons (Fsp3) is 0.214. The van der Waals surface area contributed by atoms with Crippen LogP contribution in [0.25, 0.3) is 0 Å². The fourth-order valence-electron chi connectivity index (χ4n) is 3.41. The zero-order valence-electron chi connectivity index (χ0n) is 19.2. The molecule has 6 heteroatoms. The molecule has 0 aliphatic heterocycles. The number of carbonyl (C=O) groups is 2. The van der Waals surface area contributed by atoms with E-state index >= 15 is 0 Å². The standard InChI is InChI=1S/C28H28O6/c1-3-4-14-21(2)25(32-26(29)22-15-8-5-9-16-22)28(27(30)31,33-23-17-10-6-11-18-23)34-24-19-12-7-13-20-24/h4-21,25H,3H2,1-2H3,(H,30,31). The Bertz CT molecular complexity index is 1040. The predicted molar refractivity (Wildman–Crippen MR) is 129 cm³/mol. The van der Waals surface area contributed by atoms with Gasteiger partial charge in [-0.15, -0.1) is 0 Å². The number of hydrogen-bond donors (Lipinski definition) is 1. The summed E-state index contributed by atoms with van der Waals surface area (Å²) in [6, 6.07) is 25.3. The van der Waals surface area contributed by atoms with Crippen molar-refractivity contribution < 1.29 is 28.9 Å². The van der Waals surface area contributed by atoms with Gasteiger partial charge in [-0.3, -0.25) is 0 Å². The first-order chi connectivity index (χ1) is 16.5. The van der Waals surface area contributed by atoms with Crippen LogP contribution in [0.1, 0.15) is 30.6 Å². The second-order valence-corrected chi connectivity index (χ2v) is 7.69. The Morgan fingerprint density at radius 1 is 0.853 bits per heavy atom. The molecule has 6 nitrogen and oxygen atoms in total. The molecule has 2 atom stereocenters. The number of hydrogen-bond acceptors (Lipinski definition) is 5. The van der Waals surface area contributed by atoms with E-state index < -0.39 is 29.7 Å². The first-order valence-corrected chi connectivity index (χ1v) is 11.1. The molecule has 0 bridgehead atoms. The summed E-state index contributed by atoms with van der Waals surface area (Å²) in [6.07, 6.45) is 3.07. The fourth-order valence-corrected chi connectivity index (χ4v) is 3.41. The molecule has 176 valence electrons. The van der Waals surface area contributed by atoms with E-state index in [1.165, 1.54) is 0 Å². The third kappa shape index (κ3) is 6.04. The van der Waals surface area contributed by atoms with Gasteiger partial charge >= 0.3 is 17.7 Å². The molecule has 1 N–H and O–H groups in total. The maximum absolute atomic E-state index is 13.1. The minimum absolute atomic E-state index is 0.258. The maximum atomic E-state index is 13.1. The summed E-state index contributed by atoms with van der Waals surface area (Å²) in [5, 5.41) is 10.5. The van der Waals surface area contributed by atoms with Gasteiger partial charge in [0.1, 0.15) is 11.5 Å². The lowest BCUT2D eigenvalue weighted by atomic mass is 9.94.